The lowest BCUT2D eigenvalue weighted by molar-refractivity contribution is -0.169. The quantitative estimate of drug-likeness (QED) is 0.938. The number of aryl methyl sites for hydroxylation is 1. The number of nitrogens with zero attached hydrogens (tertiary/aromatic N) is 3. The number of ether oxygens (including phenoxy) is 1. The van der Waals surface area contributed by atoms with E-state index in [0.29, 0.717) is 23.0 Å². The first-order chi connectivity index (χ1) is 11.2. The van der Waals surface area contributed by atoms with Crippen LogP contribution >= 0.6 is 0 Å². The first-order valence-electron chi connectivity index (χ1n) is 8.38. The van der Waals surface area contributed by atoms with Gasteiger partial charge >= 0.3 is 0 Å². The zero-order valence-electron chi connectivity index (χ0n) is 13.6. The van der Waals surface area contributed by atoms with Crippen molar-refractivity contribution in [2.24, 2.45) is 5.41 Å². The van der Waals surface area contributed by atoms with Crippen molar-refractivity contribution < 1.29 is 9.53 Å². The average Bonchev–Trinajstić information content (AvgIpc) is 2.80. The highest BCUT2D eigenvalue weighted by Gasteiger charge is 2.59. The molecular formula is C17H22N4O2. The molecule has 2 aliphatic rings. The number of hydrogen-bond acceptors (Lipinski definition) is 4. The van der Waals surface area contributed by atoms with Crippen LogP contribution in [0.3, 0.4) is 0 Å². The summed E-state index contributed by atoms with van der Waals surface area (Å²) in [5.41, 5.74) is 2.07. The van der Waals surface area contributed by atoms with Gasteiger partial charge in [0.25, 0.3) is 5.91 Å². The largest absolute Gasteiger partial charge is 0.378 e. The third kappa shape index (κ3) is 2.08. The molecule has 6 nitrogen and oxygen atoms in total. The van der Waals surface area contributed by atoms with Crippen LogP contribution in [-0.4, -0.2) is 39.3 Å². The molecule has 2 saturated carbocycles. The molecule has 2 fully saturated rings. The summed E-state index contributed by atoms with van der Waals surface area (Å²) in [7, 11) is 0. The van der Waals surface area contributed by atoms with Gasteiger partial charge in [-0.2, -0.15) is 5.10 Å². The Hall–Kier alpha value is -1.95. The highest BCUT2D eigenvalue weighted by Crippen LogP contribution is 2.57. The molecule has 2 atom stereocenters. The maximum absolute atomic E-state index is 12.8. The normalized spacial score (nSPS) is 25.1. The first kappa shape index (κ1) is 14.6. The molecule has 0 aromatic carbocycles. The summed E-state index contributed by atoms with van der Waals surface area (Å²) < 4.78 is 7.51. The fourth-order valence-electron chi connectivity index (χ4n) is 4.13. The van der Waals surface area contributed by atoms with Crippen LogP contribution < -0.4 is 5.32 Å². The molecular weight excluding hydrogens is 292 g/mol. The van der Waals surface area contributed by atoms with Crippen molar-refractivity contribution in [3.8, 4) is 0 Å². The Morgan fingerprint density at radius 2 is 2.35 bits per heavy atom. The molecule has 6 heteroatoms. The second-order valence-electron chi connectivity index (χ2n) is 6.64. The van der Waals surface area contributed by atoms with Crippen molar-refractivity contribution in [1.82, 2.24) is 19.9 Å². The van der Waals surface area contributed by atoms with Crippen LogP contribution in [0.1, 0.15) is 48.7 Å². The molecule has 122 valence electrons. The summed E-state index contributed by atoms with van der Waals surface area (Å²) in [5, 5.41) is 7.59. The van der Waals surface area contributed by atoms with E-state index in [9.17, 15) is 4.79 Å². The number of rotatable bonds is 4. The Morgan fingerprint density at radius 3 is 3.04 bits per heavy atom. The summed E-state index contributed by atoms with van der Waals surface area (Å²) in [6, 6.07) is 2.02. The molecule has 2 heterocycles. The van der Waals surface area contributed by atoms with E-state index in [2.05, 4.69) is 15.4 Å². The Balaban J connectivity index is 1.55. The van der Waals surface area contributed by atoms with Gasteiger partial charge in [0.1, 0.15) is 5.56 Å². The molecule has 2 aromatic rings. The van der Waals surface area contributed by atoms with Gasteiger partial charge in [0, 0.05) is 30.5 Å². The lowest BCUT2D eigenvalue weighted by Gasteiger charge is -2.60. The van der Waals surface area contributed by atoms with Gasteiger partial charge in [0.2, 0.25) is 0 Å². The van der Waals surface area contributed by atoms with E-state index in [1.54, 1.807) is 10.7 Å². The molecule has 2 aliphatic carbocycles. The first-order valence-corrected chi connectivity index (χ1v) is 8.38. The van der Waals surface area contributed by atoms with Crippen LogP contribution in [0.15, 0.2) is 18.5 Å². The summed E-state index contributed by atoms with van der Waals surface area (Å²) in [6.45, 7) is 4.63. The third-order valence-electron chi connectivity index (χ3n) is 5.54. The highest BCUT2D eigenvalue weighted by atomic mass is 16.5. The minimum Gasteiger partial charge on any atom is -0.378 e. The van der Waals surface area contributed by atoms with Gasteiger partial charge in [-0.15, -0.1) is 0 Å². The van der Waals surface area contributed by atoms with E-state index < -0.39 is 0 Å². The van der Waals surface area contributed by atoms with Crippen LogP contribution in [0.4, 0.5) is 0 Å². The fraction of sp³-hybridized carbons (Fsp3) is 0.588. The molecule has 1 amide bonds. The lowest BCUT2D eigenvalue weighted by Crippen LogP contribution is -2.67. The molecule has 0 radical (unpaired) electrons. The Bertz CT molecular complexity index is 750. The molecule has 0 saturated heterocycles. The zero-order chi connectivity index (χ0) is 16.0. The molecule has 0 aliphatic heterocycles. The van der Waals surface area contributed by atoms with Crippen LogP contribution in [0, 0.1) is 12.3 Å². The SMILES string of the molecule is CCO[C@H]1C[C@H](NC(=O)c2c(C)nn3cccnc23)C12CCC2. The van der Waals surface area contributed by atoms with E-state index in [1.165, 1.54) is 6.42 Å². The van der Waals surface area contributed by atoms with Gasteiger partial charge in [-0.05, 0) is 39.2 Å². The average molecular weight is 314 g/mol. The van der Waals surface area contributed by atoms with E-state index in [-0.39, 0.29) is 17.4 Å². The maximum atomic E-state index is 12.8. The minimum absolute atomic E-state index is 0.0672. The molecule has 0 unspecified atom stereocenters. The number of amides is 1. The monoisotopic (exact) mass is 314 g/mol. The number of hydrogen-bond donors (Lipinski definition) is 1. The molecule has 2 aromatic heterocycles. The van der Waals surface area contributed by atoms with E-state index in [0.717, 1.165) is 25.9 Å². The number of fused-ring (bicyclic) bond motifs is 1. The topological polar surface area (TPSA) is 68.5 Å². The number of nitrogens with one attached hydrogen (secondary N) is 1. The van der Waals surface area contributed by atoms with Gasteiger partial charge in [0.05, 0.1) is 11.8 Å². The Kier molecular flexibility index (Phi) is 3.37. The number of carbonyl (C=O) groups is 1. The van der Waals surface area contributed by atoms with Gasteiger partial charge in [-0.3, -0.25) is 4.79 Å². The summed E-state index contributed by atoms with van der Waals surface area (Å²) >= 11 is 0. The summed E-state index contributed by atoms with van der Waals surface area (Å²) in [6.07, 6.45) is 8.24. The fourth-order valence-corrected chi connectivity index (χ4v) is 4.13. The third-order valence-corrected chi connectivity index (χ3v) is 5.54. The van der Waals surface area contributed by atoms with Crippen LogP contribution in [0.2, 0.25) is 0 Å². The molecule has 1 N–H and O–H groups in total. The van der Waals surface area contributed by atoms with Crippen LogP contribution in [-0.2, 0) is 4.74 Å². The Labute approximate surface area is 135 Å². The number of carbonyl (C=O) groups excluding carboxylic acids is 1. The molecule has 23 heavy (non-hydrogen) atoms. The highest BCUT2D eigenvalue weighted by molar-refractivity contribution is 6.01. The van der Waals surface area contributed by atoms with Crippen molar-refractivity contribution in [2.75, 3.05) is 6.61 Å². The molecule has 0 bridgehead atoms. The minimum atomic E-state index is -0.0672. The van der Waals surface area contributed by atoms with Gasteiger partial charge in [-0.1, -0.05) is 6.42 Å². The van der Waals surface area contributed by atoms with E-state index in [4.69, 9.17) is 4.74 Å². The standard InChI is InChI=1S/C17H22N4O2/c1-3-23-13-10-12(17(13)6-4-7-17)19-16(22)14-11(2)20-21-9-5-8-18-15(14)21/h5,8-9,12-13H,3-4,6-7,10H2,1-2H3,(H,19,22)/t12-,13-/m0/s1. The summed E-state index contributed by atoms with van der Waals surface area (Å²) in [5.74, 6) is -0.0672. The maximum Gasteiger partial charge on any atom is 0.257 e. The second-order valence-corrected chi connectivity index (χ2v) is 6.64. The van der Waals surface area contributed by atoms with Crippen LogP contribution in [0.5, 0.6) is 0 Å². The Morgan fingerprint density at radius 1 is 1.52 bits per heavy atom. The number of aromatic nitrogens is 3. The van der Waals surface area contributed by atoms with Gasteiger partial charge < -0.3 is 10.1 Å². The zero-order valence-corrected chi connectivity index (χ0v) is 13.6. The van der Waals surface area contributed by atoms with Crippen molar-refractivity contribution in [1.29, 1.82) is 0 Å². The second kappa shape index (κ2) is 5.30. The smallest absolute Gasteiger partial charge is 0.257 e. The van der Waals surface area contributed by atoms with Crippen molar-refractivity contribution in [2.45, 2.75) is 51.7 Å². The summed E-state index contributed by atoms with van der Waals surface area (Å²) in [4.78, 5) is 17.1. The van der Waals surface area contributed by atoms with Crippen molar-refractivity contribution >= 4 is 11.6 Å². The van der Waals surface area contributed by atoms with Crippen LogP contribution in [0.25, 0.3) is 5.65 Å². The van der Waals surface area contributed by atoms with Gasteiger partial charge in [0.15, 0.2) is 5.65 Å². The lowest BCUT2D eigenvalue weighted by atomic mass is 9.51. The van der Waals surface area contributed by atoms with E-state index in [1.807, 2.05) is 26.1 Å². The van der Waals surface area contributed by atoms with Gasteiger partial charge in [-0.25, -0.2) is 9.50 Å². The van der Waals surface area contributed by atoms with Crippen molar-refractivity contribution in [3.05, 3.63) is 29.7 Å². The van der Waals surface area contributed by atoms with Crippen molar-refractivity contribution in [3.63, 3.8) is 0 Å². The molecule has 1 spiro atoms. The predicted molar refractivity (Wildman–Crippen MR) is 85.3 cm³/mol. The molecule has 4 rings (SSSR count). The van der Waals surface area contributed by atoms with E-state index >= 15 is 0 Å². The predicted octanol–water partition coefficient (Wildman–Crippen LogP) is 2.12.